The van der Waals surface area contributed by atoms with E-state index in [0.29, 0.717) is 4.73 Å². The van der Waals surface area contributed by atoms with Crippen molar-refractivity contribution in [2.75, 3.05) is 5.32 Å². The number of anilines is 1. The summed E-state index contributed by atoms with van der Waals surface area (Å²) >= 11 is 0. The number of nitrogens with zero attached hydrogens (tertiary/aromatic N) is 2. The summed E-state index contributed by atoms with van der Waals surface area (Å²) in [6, 6.07) is 2.08. The number of hydrogen-bond donors (Lipinski definition) is 1. The van der Waals surface area contributed by atoms with Crippen molar-refractivity contribution in [1.82, 2.24) is 0 Å². The Morgan fingerprint density at radius 2 is 2.33 bits per heavy atom. The fraction of sp³-hybridized carbons (Fsp3) is 0.250. The molecule has 0 fully saturated rings. The van der Waals surface area contributed by atoms with E-state index in [1.807, 2.05) is 0 Å². The highest BCUT2D eigenvalue weighted by Gasteiger charge is 2.15. The molecule has 1 rings (SSSR count). The maximum Gasteiger partial charge on any atom is 0.307 e. The van der Waals surface area contributed by atoms with Gasteiger partial charge in [0.2, 0.25) is 0 Å². The van der Waals surface area contributed by atoms with Crippen molar-refractivity contribution >= 4 is 17.4 Å². The smallest absolute Gasteiger partial charge is 0.307 e. The Morgan fingerprint density at radius 1 is 1.67 bits per heavy atom. The molecule has 80 valence electrons. The molecule has 0 bridgehead atoms. The molecule has 0 aliphatic rings. The van der Waals surface area contributed by atoms with Crippen LogP contribution < -0.4 is 10.0 Å². The van der Waals surface area contributed by atoms with E-state index in [2.05, 4.69) is 5.32 Å². The minimum Gasteiger partial charge on any atom is -0.711 e. The van der Waals surface area contributed by atoms with Gasteiger partial charge in [-0.3, -0.25) is 10.1 Å². The Labute approximate surface area is 85.1 Å². The lowest BCUT2D eigenvalue weighted by molar-refractivity contribution is -0.590. The number of nitrogens with one attached hydrogen (secondary N) is 1. The Bertz CT molecular complexity index is 405. The quantitative estimate of drug-likeness (QED) is 0.342. The molecule has 0 aromatic carbocycles. The zero-order valence-corrected chi connectivity index (χ0v) is 7.97. The van der Waals surface area contributed by atoms with Crippen LogP contribution in [0.15, 0.2) is 18.3 Å². The van der Waals surface area contributed by atoms with Crippen LogP contribution in [0, 0.1) is 15.3 Å². The van der Waals surface area contributed by atoms with E-state index in [4.69, 9.17) is 0 Å². The molecule has 0 atom stereocenters. The first-order valence-corrected chi connectivity index (χ1v) is 4.22. The predicted octanol–water partition coefficient (Wildman–Crippen LogP) is 0.577. The van der Waals surface area contributed by atoms with Crippen LogP contribution >= 0.6 is 0 Å². The van der Waals surface area contributed by atoms with Gasteiger partial charge in [-0.2, -0.15) is 0 Å². The van der Waals surface area contributed by atoms with Gasteiger partial charge in [0.05, 0.1) is 11.0 Å². The maximum absolute atomic E-state index is 11.1. The predicted molar refractivity (Wildman–Crippen MR) is 51.0 cm³/mol. The molecule has 15 heavy (non-hydrogen) atoms. The van der Waals surface area contributed by atoms with E-state index < -0.39 is 4.92 Å². The van der Waals surface area contributed by atoms with Crippen LogP contribution in [-0.4, -0.2) is 10.8 Å². The van der Waals surface area contributed by atoms with Gasteiger partial charge < -0.3 is 5.21 Å². The number of amides is 1. The SMILES string of the molecule is CCC(=O)Nc1cc([N+](=O)[O-])cc[n+]1[O-]. The van der Waals surface area contributed by atoms with Crippen LogP contribution in [-0.2, 0) is 4.79 Å². The standard InChI is InChI=1S/C8H9N3O4/c1-2-8(12)9-7-5-6(11(14)15)3-4-10(7)13/h3-5H,2H2,1H3,(H,9,12). The third-order valence-electron chi connectivity index (χ3n) is 1.70. The number of pyridine rings is 1. The number of carbonyl (C=O) groups is 1. The van der Waals surface area contributed by atoms with Gasteiger partial charge in [-0.05, 0) is 0 Å². The van der Waals surface area contributed by atoms with Gasteiger partial charge in [0.1, 0.15) is 12.3 Å². The summed E-state index contributed by atoms with van der Waals surface area (Å²) in [6.07, 6.45) is 1.17. The van der Waals surface area contributed by atoms with Gasteiger partial charge in [0.25, 0.3) is 11.5 Å². The lowest BCUT2D eigenvalue weighted by Crippen LogP contribution is -2.32. The zero-order chi connectivity index (χ0) is 11.4. The fourth-order valence-corrected chi connectivity index (χ4v) is 0.912. The highest BCUT2D eigenvalue weighted by Crippen LogP contribution is 2.12. The first-order valence-electron chi connectivity index (χ1n) is 4.22. The molecule has 7 heteroatoms. The number of hydrogen-bond acceptors (Lipinski definition) is 4. The van der Waals surface area contributed by atoms with Crippen molar-refractivity contribution < 1.29 is 14.4 Å². The molecule has 0 unspecified atom stereocenters. The molecule has 1 amide bonds. The van der Waals surface area contributed by atoms with Crippen LogP contribution in [0.5, 0.6) is 0 Å². The van der Waals surface area contributed by atoms with Gasteiger partial charge in [0.15, 0.2) is 0 Å². The average Bonchev–Trinajstić information content (AvgIpc) is 2.20. The van der Waals surface area contributed by atoms with Gasteiger partial charge in [-0.1, -0.05) is 6.92 Å². The molecule has 0 aliphatic carbocycles. The maximum atomic E-state index is 11.1. The number of nitro groups is 1. The van der Waals surface area contributed by atoms with E-state index >= 15 is 0 Å². The molecule has 1 N–H and O–H groups in total. The number of carbonyl (C=O) groups excluding carboxylic acids is 1. The molecule has 0 saturated heterocycles. The largest absolute Gasteiger partial charge is 0.711 e. The molecule has 0 saturated carbocycles. The minimum absolute atomic E-state index is 0.143. The van der Waals surface area contributed by atoms with Gasteiger partial charge in [0, 0.05) is 6.42 Å². The summed E-state index contributed by atoms with van der Waals surface area (Å²) in [5.41, 5.74) is -0.242. The number of rotatable bonds is 3. The van der Waals surface area contributed by atoms with Crippen molar-refractivity contribution in [3.05, 3.63) is 33.7 Å². The van der Waals surface area contributed by atoms with Crippen molar-refractivity contribution in [2.45, 2.75) is 13.3 Å². The lowest BCUT2D eigenvalue weighted by atomic mass is 10.4. The van der Waals surface area contributed by atoms with Crippen molar-refractivity contribution in [3.63, 3.8) is 0 Å². The first-order chi connectivity index (χ1) is 7.04. The first kappa shape index (κ1) is 10.9. The Balaban J connectivity index is 3.00. The Morgan fingerprint density at radius 3 is 2.87 bits per heavy atom. The highest BCUT2D eigenvalue weighted by molar-refractivity contribution is 5.89. The summed E-state index contributed by atoms with van der Waals surface area (Å²) in [6.45, 7) is 1.61. The summed E-state index contributed by atoms with van der Waals surface area (Å²) in [7, 11) is 0. The molecule has 0 aliphatic heterocycles. The molecular weight excluding hydrogens is 202 g/mol. The van der Waals surface area contributed by atoms with E-state index in [9.17, 15) is 20.1 Å². The fourth-order valence-electron chi connectivity index (χ4n) is 0.912. The second kappa shape index (κ2) is 4.36. The summed E-state index contributed by atoms with van der Waals surface area (Å²) < 4.78 is 0.362. The normalized spacial score (nSPS) is 9.67. The highest BCUT2D eigenvalue weighted by atomic mass is 16.6. The lowest BCUT2D eigenvalue weighted by Gasteiger charge is -2.06. The second-order valence-corrected chi connectivity index (χ2v) is 2.75. The third kappa shape index (κ3) is 2.63. The molecule has 0 radical (unpaired) electrons. The summed E-state index contributed by atoms with van der Waals surface area (Å²) in [5.74, 6) is -0.517. The van der Waals surface area contributed by atoms with Crippen LogP contribution in [0.4, 0.5) is 11.5 Å². The summed E-state index contributed by atoms with van der Waals surface area (Å²) in [4.78, 5) is 20.7. The topological polar surface area (TPSA) is 99.2 Å². The molecule has 1 aromatic heterocycles. The van der Waals surface area contributed by atoms with Crippen molar-refractivity contribution in [2.24, 2.45) is 0 Å². The molecule has 0 spiro atoms. The van der Waals surface area contributed by atoms with Crippen molar-refractivity contribution in [3.8, 4) is 0 Å². The molecule has 1 heterocycles. The van der Waals surface area contributed by atoms with E-state index in [0.717, 1.165) is 18.3 Å². The zero-order valence-electron chi connectivity index (χ0n) is 7.97. The van der Waals surface area contributed by atoms with Gasteiger partial charge >= 0.3 is 5.91 Å². The monoisotopic (exact) mass is 211 g/mol. The Kier molecular flexibility index (Phi) is 3.17. The number of aromatic nitrogens is 1. The van der Waals surface area contributed by atoms with Crippen molar-refractivity contribution in [1.29, 1.82) is 0 Å². The van der Waals surface area contributed by atoms with Gasteiger partial charge in [-0.15, -0.1) is 0 Å². The molecule has 7 nitrogen and oxygen atoms in total. The summed E-state index contributed by atoms with van der Waals surface area (Å²) in [5, 5.41) is 23.8. The molecular formula is C8H9N3O4. The van der Waals surface area contributed by atoms with Gasteiger partial charge in [-0.25, -0.2) is 14.8 Å². The third-order valence-corrected chi connectivity index (χ3v) is 1.70. The van der Waals surface area contributed by atoms with Crippen LogP contribution in [0.3, 0.4) is 0 Å². The second-order valence-electron chi connectivity index (χ2n) is 2.75. The van der Waals surface area contributed by atoms with Crippen LogP contribution in [0.1, 0.15) is 13.3 Å². The molecule has 1 aromatic rings. The van der Waals surface area contributed by atoms with Crippen LogP contribution in [0.25, 0.3) is 0 Å². The average molecular weight is 211 g/mol. The minimum atomic E-state index is -0.637. The van der Waals surface area contributed by atoms with Crippen LogP contribution in [0.2, 0.25) is 0 Å². The Hall–Kier alpha value is -2.18. The van der Waals surface area contributed by atoms with E-state index in [-0.39, 0.29) is 23.8 Å². The van der Waals surface area contributed by atoms with E-state index in [1.165, 1.54) is 0 Å². The van der Waals surface area contributed by atoms with E-state index in [1.54, 1.807) is 6.92 Å².